The van der Waals surface area contributed by atoms with Crippen LogP contribution in [0, 0.1) is 6.92 Å². The van der Waals surface area contributed by atoms with Crippen LogP contribution in [-0.4, -0.2) is 30.4 Å². The fraction of sp³-hybridized carbons (Fsp3) is 0.280. The summed E-state index contributed by atoms with van der Waals surface area (Å²) in [6, 6.07) is 18.3. The number of carbonyl (C=O) groups is 2. The second-order valence-electron chi connectivity index (χ2n) is 7.86. The molecule has 1 aromatic heterocycles. The number of aryl methyl sites for hydroxylation is 1. The molecular formula is C25H27ClN2O3S. The van der Waals surface area contributed by atoms with Gasteiger partial charge in [0.2, 0.25) is 5.91 Å². The summed E-state index contributed by atoms with van der Waals surface area (Å²) < 4.78 is 5.04. The fourth-order valence-electron chi connectivity index (χ4n) is 4.02. The number of anilines is 1. The quantitative estimate of drug-likeness (QED) is 0.515. The van der Waals surface area contributed by atoms with Crippen LogP contribution in [-0.2, 0) is 35.5 Å². The molecular weight excluding hydrogens is 444 g/mol. The van der Waals surface area contributed by atoms with Gasteiger partial charge in [0.05, 0.1) is 19.1 Å². The molecule has 1 amide bonds. The third-order valence-corrected chi connectivity index (χ3v) is 6.61. The summed E-state index contributed by atoms with van der Waals surface area (Å²) in [6.45, 7) is 4.48. The minimum absolute atomic E-state index is 0. The molecule has 0 unspecified atom stereocenters. The van der Waals surface area contributed by atoms with Crippen molar-refractivity contribution in [3.63, 3.8) is 0 Å². The van der Waals surface area contributed by atoms with Gasteiger partial charge in [0, 0.05) is 24.5 Å². The van der Waals surface area contributed by atoms with Crippen LogP contribution >= 0.6 is 23.7 Å². The smallest absolute Gasteiger partial charge is 0.341 e. The van der Waals surface area contributed by atoms with Crippen molar-refractivity contribution in [2.75, 3.05) is 19.0 Å². The number of nitrogens with zero attached hydrogens (tertiary/aromatic N) is 1. The Bertz CT molecular complexity index is 1100. The Kier molecular flexibility index (Phi) is 8.07. The average molecular weight is 471 g/mol. The maximum atomic E-state index is 12.7. The maximum absolute atomic E-state index is 12.7. The SMILES string of the molecule is COC(=O)c1c(NC(=O)Cc2cccc(C)c2)sc2c1CCN(Cc1ccccc1)C2.Cl. The summed E-state index contributed by atoms with van der Waals surface area (Å²) in [5.41, 5.74) is 4.85. The lowest BCUT2D eigenvalue weighted by atomic mass is 10.0. The Morgan fingerprint density at radius 2 is 1.84 bits per heavy atom. The molecule has 0 radical (unpaired) electrons. The normalized spacial score (nSPS) is 13.1. The highest BCUT2D eigenvalue weighted by atomic mass is 35.5. The van der Waals surface area contributed by atoms with Gasteiger partial charge in [-0.2, -0.15) is 0 Å². The van der Waals surface area contributed by atoms with E-state index < -0.39 is 0 Å². The van der Waals surface area contributed by atoms with Crippen LogP contribution in [0.15, 0.2) is 54.6 Å². The zero-order chi connectivity index (χ0) is 21.8. The maximum Gasteiger partial charge on any atom is 0.341 e. The zero-order valence-corrected chi connectivity index (χ0v) is 19.9. The molecule has 4 rings (SSSR count). The van der Waals surface area contributed by atoms with Gasteiger partial charge >= 0.3 is 5.97 Å². The second kappa shape index (κ2) is 10.8. The molecule has 2 aromatic carbocycles. The number of methoxy groups -OCH3 is 1. The Labute approximate surface area is 198 Å². The predicted octanol–water partition coefficient (Wildman–Crippen LogP) is 5.00. The largest absolute Gasteiger partial charge is 0.465 e. The summed E-state index contributed by atoms with van der Waals surface area (Å²) in [5.74, 6) is -0.518. The highest BCUT2D eigenvalue weighted by Crippen LogP contribution is 2.38. The molecule has 1 N–H and O–H groups in total. The number of rotatable bonds is 6. The topological polar surface area (TPSA) is 58.6 Å². The molecule has 1 aliphatic rings. The van der Waals surface area contributed by atoms with E-state index in [0.29, 0.717) is 10.6 Å². The van der Waals surface area contributed by atoms with Gasteiger partial charge in [-0.1, -0.05) is 60.2 Å². The van der Waals surface area contributed by atoms with Crippen LogP contribution < -0.4 is 5.32 Å². The number of thiophene rings is 1. The number of ether oxygens (including phenoxy) is 1. The summed E-state index contributed by atoms with van der Waals surface area (Å²) in [6.07, 6.45) is 1.03. The molecule has 168 valence electrons. The molecule has 1 aliphatic heterocycles. The van der Waals surface area contributed by atoms with Gasteiger partial charge in [-0.3, -0.25) is 9.69 Å². The van der Waals surface area contributed by atoms with Gasteiger partial charge in [0.1, 0.15) is 5.00 Å². The third kappa shape index (κ3) is 5.57. The first kappa shape index (κ1) is 24.0. The standard InChI is InChI=1S/C25H26N2O3S.ClH/c1-17-7-6-10-19(13-17)14-22(28)26-24-23(25(29)30-2)20-11-12-27(16-21(20)31-24)15-18-8-4-3-5-9-18;/h3-10,13H,11-12,14-16H2,1-2H3,(H,26,28);1H. The number of benzene rings is 2. The Morgan fingerprint density at radius 1 is 1.09 bits per heavy atom. The number of fused-ring (bicyclic) bond motifs is 1. The molecule has 0 aliphatic carbocycles. The Morgan fingerprint density at radius 3 is 2.56 bits per heavy atom. The van der Waals surface area contributed by atoms with Gasteiger partial charge < -0.3 is 10.1 Å². The Hall–Kier alpha value is -2.67. The lowest BCUT2D eigenvalue weighted by molar-refractivity contribution is -0.115. The molecule has 5 nitrogen and oxygen atoms in total. The number of esters is 1. The van der Waals surface area contributed by atoms with E-state index in [1.165, 1.54) is 24.0 Å². The summed E-state index contributed by atoms with van der Waals surface area (Å²) in [7, 11) is 1.38. The molecule has 7 heteroatoms. The van der Waals surface area contributed by atoms with Crippen LogP contribution in [0.5, 0.6) is 0 Å². The molecule has 2 heterocycles. The highest BCUT2D eigenvalue weighted by molar-refractivity contribution is 7.17. The van der Waals surface area contributed by atoms with E-state index >= 15 is 0 Å². The first-order valence-electron chi connectivity index (χ1n) is 10.4. The molecule has 3 aromatic rings. The number of hydrogen-bond acceptors (Lipinski definition) is 5. The minimum Gasteiger partial charge on any atom is -0.465 e. The van der Waals surface area contributed by atoms with Crippen LogP contribution in [0.4, 0.5) is 5.00 Å². The van der Waals surface area contributed by atoms with Gasteiger partial charge in [-0.15, -0.1) is 23.7 Å². The van der Waals surface area contributed by atoms with E-state index in [0.717, 1.165) is 47.6 Å². The fourth-order valence-corrected chi connectivity index (χ4v) is 5.31. The van der Waals surface area contributed by atoms with Crippen LogP contribution in [0.3, 0.4) is 0 Å². The van der Waals surface area contributed by atoms with E-state index in [1.54, 1.807) is 0 Å². The molecule has 0 saturated carbocycles. The lowest BCUT2D eigenvalue weighted by Crippen LogP contribution is -2.29. The summed E-state index contributed by atoms with van der Waals surface area (Å²) in [5, 5.41) is 3.57. The van der Waals surface area contributed by atoms with Crippen molar-refractivity contribution in [2.24, 2.45) is 0 Å². The predicted molar refractivity (Wildman–Crippen MR) is 131 cm³/mol. The number of nitrogens with one attached hydrogen (secondary N) is 1. The zero-order valence-electron chi connectivity index (χ0n) is 18.2. The summed E-state index contributed by atoms with van der Waals surface area (Å²) >= 11 is 1.49. The van der Waals surface area contributed by atoms with Crippen molar-refractivity contribution in [1.82, 2.24) is 4.90 Å². The van der Waals surface area contributed by atoms with Crippen molar-refractivity contribution < 1.29 is 14.3 Å². The second-order valence-corrected chi connectivity index (χ2v) is 8.96. The van der Waals surface area contributed by atoms with Gasteiger partial charge in [-0.25, -0.2) is 4.79 Å². The van der Waals surface area contributed by atoms with E-state index in [-0.39, 0.29) is 30.7 Å². The molecule has 0 saturated heterocycles. The van der Waals surface area contributed by atoms with E-state index in [4.69, 9.17) is 4.74 Å². The van der Waals surface area contributed by atoms with Crippen molar-refractivity contribution in [2.45, 2.75) is 32.9 Å². The Balaban J connectivity index is 0.00000289. The van der Waals surface area contributed by atoms with Crippen molar-refractivity contribution >= 4 is 40.6 Å². The monoisotopic (exact) mass is 470 g/mol. The van der Waals surface area contributed by atoms with Crippen molar-refractivity contribution in [3.05, 3.63) is 87.3 Å². The summed E-state index contributed by atoms with van der Waals surface area (Å²) in [4.78, 5) is 28.7. The minimum atomic E-state index is -0.389. The molecule has 0 spiro atoms. The first-order valence-corrected chi connectivity index (χ1v) is 11.2. The van der Waals surface area contributed by atoms with Crippen molar-refractivity contribution in [3.8, 4) is 0 Å². The molecule has 0 atom stereocenters. The first-order chi connectivity index (χ1) is 15.0. The third-order valence-electron chi connectivity index (χ3n) is 5.47. The number of hydrogen-bond donors (Lipinski definition) is 1. The van der Waals surface area contributed by atoms with Gasteiger partial charge in [-0.05, 0) is 30.0 Å². The molecule has 0 fully saturated rings. The van der Waals surface area contributed by atoms with Crippen LogP contribution in [0.2, 0.25) is 0 Å². The highest BCUT2D eigenvalue weighted by Gasteiger charge is 2.29. The molecule has 0 bridgehead atoms. The number of halogens is 1. The van der Waals surface area contributed by atoms with Crippen LogP contribution in [0.25, 0.3) is 0 Å². The van der Waals surface area contributed by atoms with Crippen LogP contribution in [0.1, 0.15) is 37.5 Å². The van der Waals surface area contributed by atoms with E-state index in [1.807, 2.05) is 49.4 Å². The average Bonchev–Trinajstić information content (AvgIpc) is 3.10. The van der Waals surface area contributed by atoms with E-state index in [2.05, 4.69) is 22.3 Å². The molecule has 32 heavy (non-hydrogen) atoms. The van der Waals surface area contributed by atoms with Gasteiger partial charge in [0.15, 0.2) is 0 Å². The number of amides is 1. The lowest BCUT2D eigenvalue weighted by Gasteiger charge is -2.27. The van der Waals surface area contributed by atoms with Gasteiger partial charge in [0.25, 0.3) is 0 Å². The number of carbonyl (C=O) groups excluding carboxylic acids is 2. The van der Waals surface area contributed by atoms with Crippen molar-refractivity contribution in [1.29, 1.82) is 0 Å². The van der Waals surface area contributed by atoms with E-state index in [9.17, 15) is 9.59 Å².